The van der Waals surface area contributed by atoms with Crippen LogP contribution in [-0.4, -0.2) is 78.4 Å². The molecular formula is C25H26O12. The summed E-state index contributed by atoms with van der Waals surface area (Å²) in [4.78, 5) is 29.0. The first-order valence-corrected chi connectivity index (χ1v) is 11.0. The van der Waals surface area contributed by atoms with Crippen LogP contribution in [0.25, 0.3) is 12.2 Å². The van der Waals surface area contributed by atoms with Crippen molar-refractivity contribution in [1.29, 1.82) is 0 Å². The van der Waals surface area contributed by atoms with Crippen LogP contribution in [0.3, 0.4) is 0 Å². The van der Waals surface area contributed by atoms with Crippen molar-refractivity contribution in [1.82, 2.24) is 0 Å². The SMILES string of the molecule is O=C(C=Cc1ccc(O)c(O)c1)OC1CC(COO)(OC(=O)C=Cc2ccc(O)c(O)c2)CC(O)C1O. The lowest BCUT2D eigenvalue weighted by Gasteiger charge is -2.43. The quantitative estimate of drug-likeness (QED) is 0.0872. The van der Waals surface area contributed by atoms with E-state index in [9.17, 15) is 40.2 Å². The van der Waals surface area contributed by atoms with Gasteiger partial charge in [0, 0.05) is 25.0 Å². The van der Waals surface area contributed by atoms with Gasteiger partial charge in [0.2, 0.25) is 0 Å². The van der Waals surface area contributed by atoms with E-state index in [-0.39, 0.29) is 24.3 Å². The number of aromatic hydroxyl groups is 4. The molecule has 0 aliphatic heterocycles. The fraction of sp³-hybridized carbons (Fsp3) is 0.280. The highest BCUT2D eigenvalue weighted by Gasteiger charge is 2.49. The number of aliphatic hydroxyl groups excluding tert-OH is 2. The lowest BCUT2D eigenvalue weighted by atomic mass is 9.79. The zero-order valence-electron chi connectivity index (χ0n) is 19.3. The van der Waals surface area contributed by atoms with Crippen LogP contribution >= 0.6 is 0 Å². The molecule has 3 rings (SSSR count). The predicted molar refractivity (Wildman–Crippen MR) is 126 cm³/mol. The third kappa shape index (κ3) is 7.21. The summed E-state index contributed by atoms with van der Waals surface area (Å²) in [5.41, 5.74) is -0.954. The van der Waals surface area contributed by atoms with Gasteiger partial charge in [-0.2, -0.15) is 0 Å². The Morgan fingerprint density at radius 3 is 1.89 bits per heavy atom. The first-order chi connectivity index (χ1) is 17.5. The van der Waals surface area contributed by atoms with Crippen molar-refractivity contribution in [3.05, 3.63) is 59.7 Å². The molecule has 4 atom stereocenters. The highest BCUT2D eigenvalue weighted by molar-refractivity contribution is 5.88. The van der Waals surface area contributed by atoms with Gasteiger partial charge < -0.3 is 40.1 Å². The molecule has 12 heteroatoms. The van der Waals surface area contributed by atoms with Crippen molar-refractivity contribution >= 4 is 24.1 Å². The Balaban J connectivity index is 1.71. The molecule has 2 aromatic rings. The first kappa shape index (κ1) is 27.5. The number of aliphatic hydroxyl groups is 2. The summed E-state index contributed by atoms with van der Waals surface area (Å²) in [7, 11) is 0. The molecule has 12 nitrogen and oxygen atoms in total. The van der Waals surface area contributed by atoms with Gasteiger partial charge in [-0.3, -0.25) is 5.26 Å². The fourth-order valence-corrected chi connectivity index (χ4v) is 3.83. The van der Waals surface area contributed by atoms with Crippen LogP contribution in [0.15, 0.2) is 48.6 Å². The summed E-state index contributed by atoms with van der Waals surface area (Å²) in [6.07, 6.45) is -0.507. The predicted octanol–water partition coefficient (Wildman–Crippen LogP) is 1.43. The van der Waals surface area contributed by atoms with Gasteiger partial charge >= 0.3 is 11.9 Å². The second-order valence-electron chi connectivity index (χ2n) is 8.48. The van der Waals surface area contributed by atoms with Crippen LogP contribution in [0.4, 0.5) is 0 Å². The van der Waals surface area contributed by atoms with Crippen molar-refractivity contribution < 1.29 is 59.8 Å². The summed E-state index contributed by atoms with van der Waals surface area (Å²) in [5, 5.41) is 67.6. The number of ether oxygens (including phenoxy) is 2. The van der Waals surface area contributed by atoms with E-state index in [0.29, 0.717) is 11.1 Å². The van der Waals surface area contributed by atoms with Gasteiger partial charge in [-0.25, -0.2) is 14.5 Å². The fourth-order valence-electron chi connectivity index (χ4n) is 3.83. The molecule has 0 radical (unpaired) electrons. The van der Waals surface area contributed by atoms with Crippen molar-refractivity contribution in [2.75, 3.05) is 6.61 Å². The van der Waals surface area contributed by atoms with E-state index in [1.165, 1.54) is 48.6 Å². The molecule has 1 aliphatic carbocycles. The van der Waals surface area contributed by atoms with Gasteiger partial charge in [0.25, 0.3) is 0 Å². The maximum Gasteiger partial charge on any atom is 0.331 e. The third-order valence-electron chi connectivity index (χ3n) is 5.66. The average Bonchev–Trinajstić information content (AvgIpc) is 2.84. The lowest BCUT2D eigenvalue weighted by molar-refractivity contribution is -0.289. The van der Waals surface area contributed by atoms with Crippen LogP contribution in [-0.2, 0) is 24.0 Å². The summed E-state index contributed by atoms with van der Waals surface area (Å²) < 4.78 is 10.7. The van der Waals surface area contributed by atoms with E-state index >= 15 is 0 Å². The van der Waals surface area contributed by atoms with Crippen LogP contribution < -0.4 is 0 Å². The van der Waals surface area contributed by atoms with Crippen molar-refractivity contribution in [3.63, 3.8) is 0 Å². The number of carbonyl (C=O) groups is 2. The van der Waals surface area contributed by atoms with Gasteiger partial charge in [-0.15, -0.1) is 0 Å². The summed E-state index contributed by atoms with van der Waals surface area (Å²) in [6.45, 7) is -0.604. The van der Waals surface area contributed by atoms with Gasteiger partial charge in [0.05, 0.1) is 6.10 Å². The van der Waals surface area contributed by atoms with E-state index in [4.69, 9.17) is 14.7 Å². The van der Waals surface area contributed by atoms with Gasteiger partial charge in [-0.1, -0.05) is 12.1 Å². The molecule has 0 spiro atoms. The molecule has 1 aliphatic rings. The Kier molecular flexibility index (Phi) is 8.73. The smallest absolute Gasteiger partial charge is 0.331 e. The van der Waals surface area contributed by atoms with E-state index in [0.717, 1.165) is 12.2 Å². The van der Waals surface area contributed by atoms with Crippen molar-refractivity contribution in [2.24, 2.45) is 0 Å². The number of hydrogen-bond acceptors (Lipinski definition) is 12. The number of hydrogen-bond donors (Lipinski definition) is 7. The number of rotatable bonds is 8. The molecule has 4 unspecified atom stereocenters. The molecule has 198 valence electrons. The molecule has 7 N–H and O–H groups in total. The van der Waals surface area contributed by atoms with Crippen molar-refractivity contribution in [3.8, 4) is 23.0 Å². The summed E-state index contributed by atoms with van der Waals surface area (Å²) in [5.74, 6) is -3.33. The lowest BCUT2D eigenvalue weighted by Crippen LogP contribution is -2.57. The molecule has 1 saturated carbocycles. The number of phenolic OH excluding ortho intramolecular Hbond substituents is 4. The second kappa shape index (κ2) is 11.8. The molecule has 0 heterocycles. The molecule has 0 aromatic heterocycles. The topological polar surface area (TPSA) is 203 Å². The number of esters is 2. The van der Waals surface area contributed by atoms with Crippen LogP contribution in [0.5, 0.6) is 23.0 Å². The molecular weight excluding hydrogens is 492 g/mol. The van der Waals surface area contributed by atoms with Gasteiger partial charge in [-0.05, 0) is 47.5 Å². The Labute approximate surface area is 210 Å². The monoisotopic (exact) mass is 518 g/mol. The minimum Gasteiger partial charge on any atom is -0.504 e. The number of carbonyl (C=O) groups excluding carboxylic acids is 2. The average molecular weight is 518 g/mol. The molecule has 2 aromatic carbocycles. The second-order valence-corrected chi connectivity index (χ2v) is 8.48. The van der Waals surface area contributed by atoms with Crippen LogP contribution in [0, 0.1) is 0 Å². The van der Waals surface area contributed by atoms with Crippen molar-refractivity contribution in [2.45, 2.75) is 36.8 Å². The third-order valence-corrected chi connectivity index (χ3v) is 5.66. The summed E-state index contributed by atoms with van der Waals surface area (Å²) >= 11 is 0. The molecule has 0 saturated heterocycles. The molecule has 0 amide bonds. The van der Waals surface area contributed by atoms with E-state index in [1.54, 1.807) is 0 Å². The van der Waals surface area contributed by atoms with E-state index < -0.39 is 54.0 Å². The highest BCUT2D eigenvalue weighted by atomic mass is 17.1. The molecule has 37 heavy (non-hydrogen) atoms. The zero-order valence-corrected chi connectivity index (χ0v) is 19.3. The van der Waals surface area contributed by atoms with E-state index in [1.807, 2.05) is 0 Å². The van der Waals surface area contributed by atoms with Gasteiger partial charge in [0.15, 0.2) is 23.0 Å². The van der Waals surface area contributed by atoms with Gasteiger partial charge in [0.1, 0.15) is 24.4 Å². The van der Waals surface area contributed by atoms with Crippen LogP contribution in [0.2, 0.25) is 0 Å². The van der Waals surface area contributed by atoms with E-state index in [2.05, 4.69) is 4.89 Å². The first-order valence-electron chi connectivity index (χ1n) is 11.0. The standard InChI is InChI=1S/C25H26O12/c26-16-5-1-14(9-18(16)28)3-7-22(31)36-21-12-25(13-35-34,11-20(30)24(21)33)37-23(32)8-4-15-2-6-17(27)19(29)10-15/h1-10,20-21,24,26-30,33-34H,11-13H2. The Hall–Kier alpha value is -4.10. The Morgan fingerprint density at radius 1 is 0.838 bits per heavy atom. The minimum absolute atomic E-state index is 0.328. The Morgan fingerprint density at radius 2 is 1.38 bits per heavy atom. The largest absolute Gasteiger partial charge is 0.504 e. The minimum atomic E-state index is -1.68. The number of phenols is 4. The maximum absolute atomic E-state index is 12.5. The molecule has 0 bridgehead atoms. The number of benzene rings is 2. The normalized spacial score (nSPS) is 23.8. The van der Waals surface area contributed by atoms with Crippen LogP contribution in [0.1, 0.15) is 24.0 Å². The maximum atomic E-state index is 12.5. The molecule has 1 fully saturated rings. The Bertz CT molecular complexity index is 1190. The summed E-state index contributed by atoms with van der Waals surface area (Å²) in [6, 6.07) is 7.70. The zero-order chi connectivity index (χ0) is 27.2. The highest BCUT2D eigenvalue weighted by Crippen LogP contribution is 2.35.